The number of halogens is 2. The summed E-state index contributed by atoms with van der Waals surface area (Å²) in [6, 6.07) is 12.0. The van der Waals surface area contributed by atoms with Crippen LogP contribution < -0.4 is 4.74 Å². The van der Waals surface area contributed by atoms with E-state index in [1.807, 2.05) is 0 Å². The molecular weight excluding hydrogens is 413 g/mol. The average molecular weight is 432 g/mol. The van der Waals surface area contributed by atoms with Crippen molar-refractivity contribution in [1.29, 1.82) is 0 Å². The van der Waals surface area contributed by atoms with Crippen LogP contribution in [0, 0.1) is 6.92 Å². The maximum atomic E-state index is 13.2. The fourth-order valence-electron chi connectivity index (χ4n) is 3.15. The van der Waals surface area contributed by atoms with Gasteiger partial charge in [0.15, 0.2) is 0 Å². The molecule has 2 aromatic carbocycles. The number of carbonyl (C=O) groups excluding carboxylic acids is 2. The molecule has 29 heavy (non-hydrogen) atoms. The number of nitrogens with zero attached hydrogens (tertiary/aromatic N) is 1. The first-order valence-electron chi connectivity index (χ1n) is 8.79. The third-order valence-corrected chi connectivity index (χ3v) is 4.91. The van der Waals surface area contributed by atoms with E-state index in [0.717, 1.165) is 5.39 Å². The second-order valence-corrected chi connectivity index (χ2v) is 7.42. The molecule has 0 aliphatic rings. The minimum Gasteiger partial charge on any atom is -0.497 e. The molecule has 3 rings (SSSR count). The first kappa shape index (κ1) is 21.0. The maximum Gasteiger partial charge on any atom is 0.310 e. The van der Waals surface area contributed by atoms with Gasteiger partial charge in [0.2, 0.25) is 0 Å². The zero-order valence-corrected chi connectivity index (χ0v) is 17.5. The van der Waals surface area contributed by atoms with Gasteiger partial charge in [0, 0.05) is 26.7 Å². The Hall–Kier alpha value is -2.76. The summed E-state index contributed by atoms with van der Waals surface area (Å²) in [7, 11) is 1.56. The Morgan fingerprint density at radius 3 is 2.45 bits per heavy atom. The van der Waals surface area contributed by atoms with Crippen LogP contribution in [0.1, 0.15) is 21.6 Å². The quantitative estimate of drug-likeness (QED) is 0.507. The molecule has 0 amide bonds. The number of methoxy groups -OCH3 is 1. The van der Waals surface area contributed by atoms with Gasteiger partial charge in [0.25, 0.3) is 5.91 Å². The molecule has 0 saturated heterocycles. The summed E-state index contributed by atoms with van der Waals surface area (Å²) in [4.78, 5) is 25.5. The Bertz CT molecular complexity index is 1100. The van der Waals surface area contributed by atoms with Crippen molar-refractivity contribution < 1.29 is 19.1 Å². The van der Waals surface area contributed by atoms with Crippen LogP contribution in [0.3, 0.4) is 0 Å². The van der Waals surface area contributed by atoms with E-state index in [0.29, 0.717) is 33.1 Å². The fourth-order valence-corrected chi connectivity index (χ4v) is 3.33. The van der Waals surface area contributed by atoms with E-state index in [-0.39, 0.29) is 24.0 Å². The second-order valence-electron chi connectivity index (χ2n) is 6.45. The van der Waals surface area contributed by atoms with E-state index in [9.17, 15) is 9.59 Å². The molecule has 0 aliphatic heterocycles. The maximum absolute atomic E-state index is 13.2. The highest BCUT2D eigenvalue weighted by Gasteiger charge is 2.22. The van der Waals surface area contributed by atoms with Crippen molar-refractivity contribution in [2.75, 3.05) is 13.7 Å². The summed E-state index contributed by atoms with van der Waals surface area (Å²) < 4.78 is 12.0. The van der Waals surface area contributed by atoms with Gasteiger partial charge in [-0.25, -0.2) is 0 Å². The summed E-state index contributed by atoms with van der Waals surface area (Å²) >= 11 is 11.6. The molecule has 150 valence electrons. The van der Waals surface area contributed by atoms with Crippen molar-refractivity contribution in [3.8, 4) is 5.75 Å². The highest BCUT2D eigenvalue weighted by Crippen LogP contribution is 2.31. The minimum absolute atomic E-state index is 0.0133. The number of hydrogen-bond acceptors (Lipinski definition) is 4. The van der Waals surface area contributed by atoms with Crippen molar-refractivity contribution in [2.24, 2.45) is 0 Å². The number of benzene rings is 2. The number of fused-ring (bicyclic) bond motifs is 1. The highest BCUT2D eigenvalue weighted by atomic mass is 35.5. The predicted octanol–water partition coefficient (Wildman–Crippen LogP) is 5.14. The lowest BCUT2D eigenvalue weighted by Crippen LogP contribution is -2.14. The third-order valence-electron chi connectivity index (χ3n) is 4.55. The van der Waals surface area contributed by atoms with E-state index in [2.05, 4.69) is 6.58 Å². The zero-order chi connectivity index (χ0) is 21.1. The van der Waals surface area contributed by atoms with Gasteiger partial charge in [0.05, 0.1) is 19.0 Å². The average Bonchev–Trinajstić information content (AvgIpc) is 2.97. The van der Waals surface area contributed by atoms with E-state index >= 15 is 0 Å². The molecule has 0 bridgehead atoms. The Labute approximate surface area is 178 Å². The van der Waals surface area contributed by atoms with Crippen LogP contribution in [-0.2, 0) is 16.0 Å². The van der Waals surface area contributed by atoms with Crippen molar-refractivity contribution in [3.05, 3.63) is 75.9 Å². The number of aromatic nitrogens is 1. The van der Waals surface area contributed by atoms with Crippen LogP contribution in [0.15, 0.2) is 54.1 Å². The molecule has 0 fully saturated rings. The largest absolute Gasteiger partial charge is 0.497 e. The van der Waals surface area contributed by atoms with E-state index in [4.69, 9.17) is 32.7 Å². The van der Waals surface area contributed by atoms with E-state index < -0.39 is 5.97 Å². The van der Waals surface area contributed by atoms with Gasteiger partial charge in [-0.2, -0.15) is 0 Å². The minimum atomic E-state index is -0.462. The van der Waals surface area contributed by atoms with Crippen LogP contribution in [0.25, 0.3) is 10.9 Å². The molecule has 0 saturated carbocycles. The number of carbonyl (C=O) groups is 2. The Morgan fingerprint density at radius 1 is 1.14 bits per heavy atom. The summed E-state index contributed by atoms with van der Waals surface area (Å²) in [5, 5.41) is 1.52. The lowest BCUT2D eigenvalue weighted by molar-refractivity contribution is -0.141. The monoisotopic (exact) mass is 431 g/mol. The first-order chi connectivity index (χ1) is 13.8. The van der Waals surface area contributed by atoms with Gasteiger partial charge in [-0.1, -0.05) is 29.8 Å². The Kier molecular flexibility index (Phi) is 6.30. The van der Waals surface area contributed by atoms with Crippen LogP contribution in [0.2, 0.25) is 5.02 Å². The Morgan fingerprint density at radius 2 is 1.83 bits per heavy atom. The van der Waals surface area contributed by atoms with Crippen LogP contribution in [-0.4, -0.2) is 30.2 Å². The third kappa shape index (κ3) is 4.47. The van der Waals surface area contributed by atoms with E-state index in [1.54, 1.807) is 61.1 Å². The van der Waals surface area contributed by atoms with Gasteiger partial charge in [-0.15, -0.1) is 0 Å². The van der Waals surface area contributed by atoms with E-state index in [1.165, 1.54) is 0 Å². The van der Waals surface area contributed by atoms with Crippen molar-refractivity contribution >= 4 is 46.0 Å². The summed E-state index contributed by atoms with van der Waals surface area (Å²) in [5.74, 6) is -0.0591. The van der Waals surface area contributed by atoms with Gasteiger partial charge < -0.3 is 9.47 Å². The van der Waals surface area contributed by atoms with Crippen LogP contribution in [0.4, 0.5) is 0 Å². The number of esters is 1. The van der Waals surface area contributed by atoms with Gasteiger partial charge >= 0.3 is 5.97 Å². The molecule has 0 unspecified atom stereocenters. The predicted molar refractivity (Wildman–Crippen MR) is 114 cm³/mol. The Balaban J connectivity index is 2.09. The van der Waals surface area contributed by atoms with Gasteiger partial charge in [-0.3, -0.25) is 14.2 Å². The summed E-state index contributed by atoms with van der Waals surface area (Å²) in [5.41, 5.74) is 2.49. The molecule has 0 radical (unpaired) electrons. The molecule has 0 aliphatic carbocycles. The lowest BCUT2D eigenvalue weighted by atomic mass is 10.1. The molecule has 5 nitrogen and oxygen atoms in total. The van der Waals surface area contributed by atoms with Gasteiger partial charge in [0.1, 0.15) is 12.4 Å². The molecule has 3 aromatic rings. The topological polar surface area (TPSA) is 57.5 Å². The zero-order valence-electron chi connectivity index (χ0n) is 16.0. The van der Waals surface area contributed by atoms with Crippen LogP contribution in [0.5, 0.6) is 5.75 Å². The molecule has 0 atom stereocenters. The normalized spacial score (nSPS) is 10.8. The highest BCUT2D eigenvalue weighted by molar-refractivity contribution is 6.30. The molecular formula is C22H19Cl2NO4. The summed E-state index contributed by atoms with van der Waals surface area (Å²) in [6.07, 6.45) is -0.0133. The van der Waals surface area contributed by atoms with Crippen molar-refractivity contribution in [1.82, 2.24) is 4.57 Å². The smallest absolute Gasteiger partial charge is 0.310 e. The number of ether oxygens (including phenoxy) is 2. The first-order valence-corrected chi connectivity index (χ1v) is 9.54. The van der Waals surface area contributed by atoms with Crippen molar-refractivity contribution in [3.63, 3.8) is 0 Å². The fraction of sp³-hybridized carbons (Fsp3) is 0.182. The molecule has 1 aromatic heterocycles. The van der Waals surface area contributed by atoms with Crippen LogP contribution >= 0.6 is 23.2 Å². The lowest BCUT2D eigenvalue weighted by Gasteiger charge is -2.08. The summed E-state index contributed by atoms with van der Waals surface area (Å²) in [6.45, 7) is 5.24. The molecule has 1 heterocycles. The number of hydrogen-bond donors (Lipinski definition) is 0. The second kappa shape index (κ2) is 8.72. The molecule has 7 heteroatoms. The standard InChI is InChI=1S/C22H19Cl2NO4/c1-13(23)12-29-21(26)11-18-14(2)25(20-9-8-17(28-3)10-19(18)20)22(27)15-4-6-16(24)7-5-15/h4-10H,1,11-12H2,2-3H3. The van der Waals surface area contributed by atoms with Gasteiger partial charge in [-0.05, 0) is 55.0 Å². The molecule has 0 N–H and O–H groups in total. The SMILES string of the molecule is C=C(Cl)COC(=O)Cc1c(C)n(C(=O)c2ccc(Cl)cc2)c2ccc(OC)cc12. The van der Waals surface area contributed by atoms with Crippen molar-refractivity contribution in [2.45, 2.75) is 13.3 Å². The molecule has 0 spiro atoms. The number of rotatable bonds is 6.